The van der Waals surface area contributed by atoms with Gasteiger partial charge >= 0.3 is 0 Å². The van der Waals surface area contributed by atoms with Gasteiger partial charge in [-0.15, -0.1) is 11.3 Å². The first-order valence-corrected chi connectivity index (χ1v) is 8.60. The molecular weight excluding hydrogens is 284 g/mol. The molecule has 0 radical (unpaired) electrons. The standard InChI is InChI=1S/C15H26N4OS/c1-12(2)9-13(11-16)10-14(20)18-4-6-19(7-5-18)15-17-3-8-21-15/h3,8,12-13H,4-7,9-11,16H2,1-2H3. The van der Waals surface area contributed by atoms with Crippen LogP contribution in [0, 0.1) is 11.8 Å². The summed E-state index contributed by atoms with van der Waals surface area (Å²) in [6, 6.07) is 0. The summed E-state index contributed by atoms with van der Waals surface area (Å²) in [4.78, 5) is 20.9. The van der Waals surface area contributed by atoms with Gasteiger partial charge in [0, 0.05) is 44.2 Å². The molecule has 2 N–H and O–H groups in total. The van der Waals surface area contributed by atoms with E-state index in [9.17, 15) is 4.79 Å². The van der Waals surface area contributed by atoms with Crippen LogP contribution >= 0.6 is 11.3 Å². The first kappa shape index (κ1) is 16.2. The van der Waals surface area contributed by atoms with E-state index in [4.69, 9.17) is 5.73 Å². The lowest BCUT2D eigenvalue weighted by atomic mass is 9.93. The Morgan fingerprint density at radius 3 is 2.62 bits per heavy atom. The van der Waals surface area contributed by atoms with E-state index in [-0.39, 0.29) is 5.91 Å². The fourth-order valence-corrected chi connectivity index (χ4v) is 3.52. The van der Waals surface area contributed by atoms with E-state index < -0.39 is 0 Å². The number of carbonyl (C=O) groups is 1. The Hall–Kier alpha value is -1.14. The number of piperazine rings is 1. The number of anilines is 1. The van der Waals surface area contributed by atoms with Crippen LogP contribution < -0.4 is 10.6 Å². The highest BCUT2D eigenvalue weighted by Crippen LogP contribution is 2.20. The average Bonchev–Trinajstić information content (AvgIpc) is 3.00. The summed E-state index contributed by atoms with van der Waals surface area (Å²) in [6.07, 6.45) is 3.45. The first-order chi connectivity index (χ1) is 10.1. The second kappa shape index (κ2) is 7.75. The Labute approximate surface area is 131 Å². The van der Waals surface area contributed by atoms with E-state index in [1.165, 1.54) is 0 Å². The SMILES string of the molecule is CC(C)CC(CN)CC(=O)N1CCN(c2nccs2)CC1. The fraction of sp³-hybridized carbons (Fsp3) is 0.733. The molecule has 1 aromatic rings. The Morgan fingerprint density at radius 1 is 1.38 bits per heavy atom. The van der Waals surface area contributed by atoms with E-state index in [0.717, 1.165) is 37.7 Å². The molecule has 1 unspecified atom stereocenters. The molecule has 1 aromatic heterocycles. The number of rotatable bonds is 6. The van der Waals surface area contributed by atoms with Gasteiger partial charge in [0.1, 0.15) is 0 Å². The zero-order valence-electron chi connectivity index (χ0n) is 13.0. The Bertz CT molecular complexity index is 427. The lowest BCUT2D eigenvalue weighted by Gasteiger charge is -2.35. The highest BCUT2D eigenvalue weighted by Gasteiger charge is 2.24. The van der Waals surface area contributed by atoms with Gasteiger partial charge in [-0.25, -0.2) is 4.98 Å². The van der Waals surface area contributed by atoms with Crippen LogP contribution in [0.1, 0.15) is 26.7 Å². The maximum absolute atomic E-state index is 12.4. The van der Waals surface area contributed by atoms with Crippen molar-refractivity contribution < 1.29 is 4.79 Å². The fourth-order valence-electron chi connectivity index (χ4n) is 2.82. The molecule has 0 saturated carbocycles. The van der Waals surface area contributed by atoms with Crippen LogP contribution in [0.25, 0.3) is 0 Å². The second-order valence-corrected chi connectivity index (χ2v) is 6.99. The van der Waals surface area contributed by atoms with Gasteiger partial charge < -0.3 is 15.5 Å². The van der Waals surface area contributed by atoms with Crippen molar-refractivity contribution in [1.82, 2.24) is 9.88 Å². The topological polar surface area (TPSA) is 62.5 Å². The van der Waals surface area contributed by atoms with Crippen molar-refractivity contribution in [2.24, 2.45) is 17.6 Å². The Kier molecular flexibility index (Phi) is 5.99. The number of carbonyl (C=O) groups excluding carboxylic acids is 1. The van der Waals surface area contributed by atoms with Crippen molar-refractivity contribution in [3.05, 3.63) is 11.6 Å². The summed E-state index contributed by atoms with van der Waals surface area (Å²) in [7, 11) is 0. The largest absolute Gasteiger partial charge is 0.345 e. The van der Waals surface area contributed by atoms with Crippen molar-refractivity contribution in [1.29, 1.82) is 0 Å². The molecule has 1 amide bonds. The third-order valence-electron chi connectivity index (χ3n) is 3.92. The van der Waals surface area contributed by atoms with Crippen LogP contribution in [0.4, 0.5) is 5.13 Å². The lowest BCUT2D eigenvalue weighted by Crippen LogP contribution is -2.49. The molecule has 0 spiro atoms. The van der Waals surface area contributed by atoms with Crippen molar-refractivity contribution in [2.75, 3.05) is 37.6 Å². The van der Waals surface area contributed by atoms with Gasteiger partial charge in [-0.2, -0.15) is 0 Å². The van der Waals surface area contributed by atoms with Gasteiger partial charge in [0.05, 0.1) is 0 Å². The van der Waals surface area contributed by atoms with E-state index in [1.54, 1.807) is 11.3 Å². The quantitative estimate of drug-likeness (QED) is 0.870. The van der Waals surface area contributed by atoms with Gasteiger partial charge in [-0.1, -0.05) is 13.8 Å². The number of thiazole rings is 1. The molecule has 0 bridgehead atoms. The van der Waals surface area contributed by atoms with Gasteiger partial charge in [0.2, 0.25) is 5.91 Å². The summed E-state index contributed by atoms with van der Waals surface area (Å²) in [5.41, 5.74) is 5.80. The highest BCUT2D eigenvalue weighted by atomic mass is 32.1. The van der Waals surface area contributed by atoms with Crippen LogP contribution in [0.5, 0.6) is 0 Å². The normalized spacial score (nSPS) is 17.3. The summed E-state index contributed by atoms with van der Waals surface area (Å²) < 4.78 is 0. The molecule has 1 atom stereocenters. The smallest absolute Gasteiger partial charge is 0.223 e. The Balaban J connectivity index is 1.80. The predicted octanol–water partition coefficient (Wildman–Crippen LogP) is 1.80. The van der Waals surface area contributed by atoms with Crippen LogP contribution in [0.2, 0.25) is 0 Å². The highest BCUT2D eigenvalue weighted by molar-refractivity contribution is 7.13. The van der Waals surface area contributed by atoms with Gasteiger partial charge in [0.15, 0.2) is 5.13 Å². The summed E-state index contributed by atoms with van der Waals surface area (Å²) >= 11 is 1.66. The summed E-state index contributed by atoms with van der Waals surface area (Å²) in [5, 5.41) is 3.05. The van der Waals surface area contributed by atoms with Gasteiger partial charge in [-0.3, -0.25) is 4.79 Å². The first-order valence-electron chi connectivity index (χ1n) is 7.72. The molecule has 1 aliphatic rings. The Morgan fingerprint density at radius 2 is 2.10 bits per heavy atom. The molecule has 0 aromatic carbocycles. The third kappa shape index (κ3) is 4.68. The molecule has 21 heavy (non-hydrogen) atoms. The minimum Gasteiger partial charge on any atom is -0.345 e. The average molecular weight is 310 g/mol. The maximum atomic E-state index is 12.4. The summed E-state index contributed by atoms with van der Waals surface area (Å²) in [5.74, 6) is 1.16. The van der Waals surface area contributed by atoms with Crippen molar-refractivity contribution >= 4 is 22.4 Å². The maximum Gasteiger partial charge on any atom is 0.223 e. The van der Waals surface area contributed by atoms with E-state index in [2.05, 4.69) is 23.7 Å². The van der Waals surface area contributed by atoms with E-state index >= 15 is 0 Å². The van der Waals surface area contributed by atoms with Crippen LogP contribution in [0.15, 0.2) is 11.6 Å². The molecule has 6 heteroatoms. The number of hydrogen-bond donors (Lipinski definition) is 1. The minimum absolute atomic E-state index is 0.255. The molecular formula is C15H26N4OS. The molecule has 1 aliphatic heterocycles. The molecule has 1 fully saturated rings. The van der Waals surface area contributed by atoms with Gasteiger partial charge in [0.25, 0.3) is 0 Å². The van der Waals surface area contributed by atoms with Crippen molar-refractivity contribution in [2.45, 2.75) is 26.7 Å². The second-order valence-electron chi connectivity index (χ2n) is 6.12. The summed E-state index contributed by atoms with van der Waals surface area (Å²) in [6.45, 7) is 8.28. The van der Waals surface area contributed by atoms with Gasteiger partial charge in [-0.05, 0) is 24.8 Å². The number of amides is 1. The number of nitrogens with zero attached hydrogens (tertiary/aromatic N) is 3. The molecule has 118 valence electrons. The van der Waals surface area contributed by atoms with Crippen molar-refractivity contribution in [3.8, 4) is 0 Å². The minimum atomic E-state index is 0.255. The lowest BCUT2D eigenvalue weighted by molar-refractivity contribution is -0.132. The van der Waals surface area contributed by atoms with Crippen LogP contribution in [0.3, 0.4) is 0 Å². The number of hydrogen-bond acceptors (Lipinski definition) is 5. The van der Waals surface area contributed by atoms with E-state index in [1.807, 2.05) is 16.5 Å². The van der Waals surface area contributed by atoms with Crippen molar-refractivity contribution in [3.63, 3.8) is 0 Å². The monoisotopic (exact) mass is 310 g/mol. The zero-order valence-corrected chi connectivity index (χ0v) is 13.8. The van der Waals surface area contributed by atoms with E-state index in [0.29, 0.717) is 24.8 Å². The zero-order chi connectivity index (χ0) is 15.2. The molecule has 2 heterocycles. The van der Waals surface area contributed by atoms with Crippen LogP contribution in [-0.2, 0) is 4.79 Å². The molecule has 5 nitrogen and oxygen atoms in total. The number of aromatic nitrogens is 1. The third-order valence-corrected chi connectivity index (χ3v) is 4.76. The predicted molar refractivity (Wildman–Crippen MR) is 87.5 cm³/mol. The molecule has 1 saturated heterocycles. The number of nitrogens with two attached hydrogens (primary N) is 1. The molecule has 2 rings (SSSR count). The van der Waals surface area contributed by atoms with Crippen LogP contribution in [-0.4, -0.2) is 48.5 Å². The molecule has 0 aliphatic carbocycles.